The van der Waals surface area contributed by atoms with Crippen molar-refractivity contribution >= 4 is 74.7 Å². The average molecular weight is 553 g/mol. The number of carbonyl (C=O) groups is 4. The Hall–Kier alpha value is -3.71. The number of rotatable bonds is 6. The molecule has 1 amide bonds. The van der Waals surface area contributed by atoms with E-state index in [1.165, 1.54) is 18.2 Å². The molecule has 0 saturated heterocycles. The second-order valence-corrected chi connectivity index (χ2v) is 9.60. The van der Waals surface area contributed by atoms with E-state index in [2.05, 4.69) is 5.32 Å². The molecule has 1 aliphatic heterocycles. The van der Waals surface area contributed by atoms with Gasteiger partial charge in [-0.05, 0) is 35.0 Å². The highest BCUT2D eigenvalue weighted by Crippen LogP contribution is 2.39. The maximum absolute atomic E-state index is 13.8. The molecule has 1 N–H and O–H groups in total. The highest BCUT2D eigenvalue weighted by atomic mass is 35.5. The molecule has 0 unspecified atom stereocenters. The van der Waals surface area contributed by atoms with Crippen molar-refractivity contribution in [1.29, 1.82) is 0 Å². The SMILES string of the molecule is O=C(Nc1cc(Cl)c(Cl)cc1Cl)C(=O)[C@@H](C(=O)c1ccc2ccccc2c1)[C@H]1OC(=O)c2ccccc21. The van der Waals surface area contributed by atoms with Gasteiger partial charge in [0.05, 0.1) is 26.3 Å². The maximum atomic E-state index is 13.8. The van der Waals surface area contributed by atoms with Gasteiger partial charge in [0, 0.05) is 11.1 Å². The van der Waals surface area contributed by atoms with Crippen LogP contribution in [-0.4, -0.2) is 23.4 Å². The highest BCUT2D eigenvalue weighted by Gasteiger charge is 2.46. The molecule has 4 aromatic rings. The topological polar surface area (TPSA) is 89.5 Å². The first-order chi connectivity index (χ1) is 17.7. The molecule has 1 aliphatic rings. The molecule has 0 aliphatic carbocycles. The standard InChI is InChI=1S/C28H16Cl3NO5/c29-19-12-21(31)22(13-20(19)30)32-27(35)25(34)23(26-17-7-3-4-8-18(17)28(36)37-26)24(33)16-10-9-14-5-1-2-6-15(14)11-16/h1-13,23,26H,(H,32,35)/t23-,26+/m1/s1. The Labute approximate surface area is 226 Å². The number of fused-ring (bicyclic) bond motifs is 2. The monoisotopic (exact) mass is 551 g/mol. The molecule has 37 heavy (non-hydrogen) atoms. The summed E-state index contributed by atoms with van der Waals surface area (Å²) in [5.74, 6) is -5.22. The van der Waals surface area contributed by atoms with Crippen LogP contribution in [0.4, 0.5) is 5.69 Å². The third-order valence-electron chi connectivity index (χ3n) is 6.10. The molecule has 0 spiro atoms. The van der Waals surface area contributed by atoms with Crippen molar-refractivity contribution in [2.75, 3.05) is 5.32 Å². The van der Waals surface area contributed by atoms with Crippen LogP contribution in [0, 0.1) is 5.92 Å². The van der Waals surface area contributed by atoms with E-state index in [1.54, 1.807) is 36.4 Å². The van der Waals surface area contributed by atoms with Gasteiger partial charge in [-0.3, -0.25) is 14.4 Å². The van der Waals surface area contributed by atoms with E-state index in [4.69, 9.17) is 39.5 Å². The van der Waals surface area contributed by atoms with Crippen molar-refractivity contribution in [2.24, 2.45) is 5.92 Å². The molecule has 184 valence electrons. The molecule has 0 saturated carbocycles. The summed E-state index contributed by atoms with van der Waals surface area (Å²) in [7, 11) is 0. The summed E-state index contributed by atoms with van der Waals surface area (Å²) in [5, 5.41) is 4.38. The van der Waals surface area contributed by atoms with Gasteiger partial charge in [0.2, 0.25) is 5.78 Å². The lowest BCUT2D eigenvalue weighted by Crippen LogP contribution is -2.38. The van der Waals surface area contributed by atoms with Crippen LogP contribution in [0.15, 0.2) is 78.9 Å². The molecule has 0 bridgehead atoms. The van der Waals surface area contributed by atoms with Gasteiger partial charge in [0.15, 0.2) is 5.78 Å². The van der Waals surface area contributed by atoms with Crippen molar-refractivity contribution in [3.8, 4) is 0 Å². The Balaban J connectivity index is 1.55. The van der Waals surface area contributed by atoms with Gasteiger partial charge in [-0.2, -0.15) is 0 Å². The lowest BCUT2D eigenvalue weighted by Gasteiger charge is -2.21. The second-order valence-electron chi connectivity index (χ2n) is 8.38. The molecule has 0 fully saturated rings. The molecule has 0 aromatic heterocycles. The van der Waals surface area contributed by atoms with Crippen LogP contribution in [0.2, 0.25) is 15.1 Å². The van der Waals surface area contributed by atoms with E-state index < -0.39 is 35.5 Å². The van der Waals surface area contributed by atoms with Gasteiger partial charge < -0.3 is 10.1 Å². The van der Waals surface area contributed by atoms with Gasteiger partial charge in [-0.15, -0.1) is 0 Å². The molecule has 1 heterocycles. The number of cyclic esters (lactones) is 1. The van der Waals surface area contributed by atoms with Crippen molar-refractivity contribution < 1.29 is 23.9 Å². The summed E-state index contributed by atoms with van der Waals surface area (Å²) in [6, 6.07) is 21.4. The maximum Gasteiger partial charge on any atom is 0.339 e. The zero-order chi connectivity index (χ0) is 26.3. The minimum absolute atomic E-state index is 0.0372. The number of amides is 1. The van der Waals surface area contributed by atoms with E-state index in [9.17, 15) is 19.2 Å². The number of ketones is 2. The molecular weight excluding hydrogens is 537 g/mol. The van der Waals surface area contributed by atoms with Gasteiger partial charge in [-0.25, -0.2) is 4.79 Å². The third-order valence-corrected chi connectivity index (χ3v) is 7.14. The second kappa shape index (κ2) is 9.98. The minimum Gasteiger partial charge on any atom is -0.453 e. The Morgan fingerprint density at radius 2 is 1.46 bits per heavy atom. The van der Waals surface area contributed by atoms with E-state index in [1.807, 2.05) is 24.3 Å². The quantitative estimate of drug-likeness (QED) is 0.0943. The summed E-state index contributed by atoms with van der Waals surface area (Å²) >= 11 is 18.1. The van der Waals surface area contributed by atoms with E-state index >= 15 is 0 Å². The van der Waals surface area contributed by atoms with Gasteiger partial charge in [0.1, 0.15) is 12.0 Å². The summed E-state index contributed by atoms with van der Waals surface area (Å²) in [6.07, 6.45) is -1.29. The molecule has 2 atom stereocenters. The van der Waals surface area contributed by atoms with Crippen LogP contribution in [0.3, 0.4) is 0 Å². The number of benzene rings is 4. The number of esters is 1. The van der Waals surface area contributed by atoms with Crippen LogP contribution in [-0.2, 0) is 14.3 Å². The fraction of sp³-hybridized carbons (Fsp3) is 0.0714. The number of nitrogens with one attached hydrogen (secondary N) is 1. The number of ether oxygens (including phenoxy) is 1. The van der Waals surface area contributed by atoms with E-state index in [-0.39, 0.29) is 31.9 Å². The number of halogens is 3. The summed E-state index contributed by atoms with van der Waals surface area (Å²) in [5.41, 5.74) is 0.804. The molecule has 9 heteroatoms. The Bertz CT molecular complexity index is 1620. The predicted molar refractivity (Wildman–Crippen MR) is 141 cm³/mol. The lowest BCUT2D eigenvalue weighted by atomic mass is 9.84. The highest BCUT2D eigenvalue weighted by molar-refractivity contribution is 6.47. The lowest BCUT2D eigenvalue weighted by molar-refractivity contribution is -0.138. The number of Topliss-reactive ketones (excluding diaryl/α,β-unsaturated/α-hetero) is 2. The largest absolute Gasteiger partial charge is 0.453 e. The fourth-order valence-electron chi connectivity index (χ4n) is 4.28. The fourth-order valence-corrected chi connectivity index (χ4v) is 4.87. The predicted octanol–water partition coefficient (Wildman–Crippen LogP) is 6.72. The van der Waals surface area contributed by atoms with Crippen molar-refractivity contribution in [3.63, 3.8) is 0 Å². The van der Waals surface area contributed by atoms with Crippen LogP contribution in [0.1, 0.15) is 32.4 Å². The molecule has 0 radical (unpaired) electrons. The number of hydrogen-bond acceptors (Lipinski definition) is 5. The Morgan fingerprint density at radius 3 is 2.24 bits per heavy atom. The Morgan fingerprint density at radius 1 is 0.784 bits per heavy atom. The van der Waals surface area contributed by atoms with Crippen molar-refractivity contribution in [3.05, 3.63) is 111 Å². The first-order valence-corrected chi connectivity index (χ1v) is 12.2. The first kappa shape index (κ1) is 25.0. The zero-order valence-electron chi connectivity index (χ0n) is 18.8. The molecule has 5 rings (SSSR count). The average Bonchev–Trinajstić information content (AvgIpc) is 3.23. The number of anilines is 1. The summed E-state index contributed by atoms with van der Waals surface area (Å²) in [4.78, 5) is 53.0. The van der Waals surface area contributed by atoms with Crippen LogP contribution >= 0.6 is 34.8 Å². The van der Waals surface area contributed by atoms with Gasteiger partial charge in [-0.1, -0.05) is 89.4 Å². The van der Waals surface area contributed by atoms with Gasteiger partial charge in [0.25, 0.3) is 5.91 Å². The van der Waals surface area contributed by atoms with E-state index in [0.717, 1.165) is 10.8 Å². The third kappa shape index (κ3) is 4.71. The summed E-state index contributed by atoms with van der Waals surface area (Å²) < 4.78 is 5.48. The van der Waals surface area contributed by atoms with Crippen LogP contribution < -0.4 is 5.32 Å². The minimum atomic E-state index is -1.64. The zero-order valence-corrected chi connectivity index (χ0v) is 21.1. The van der Waals surface area contributed by atoms with Gasteiger partial charge >= 0.3 is 5.97 Å². The Kier molecular flexibility index (Phi) is 6.73. The van der Waals surface area contributed by atoms with Crippen molar-refractivity contribution in [1.82, 2.24) is 0 Å². The van der Waals surface area contributed by atoms with Crippen LogP contribution in [0.25, 0.3) is 10.8 Å². The number of carbonyl (C=O) groups excluding carboxylic acids is 4. The molecule has 4 aromatic carbocycles. The van der Waals surface area contributed by atoms with Crippen molar-refractivity contribution in [2.45, 2.75) is 6.10 Å². The molecule has 6 nitrogen and oxygen atoms in total. The normalized spacial score (nSPS) is 15.1. The van der Waals surface area contributed by atoms with E-state index in [0.29, 0.717) is 5.56 Å². The van der Waals surface area contributed by atoms with Crippen LogP contribution in [0.5, 0.6) is 0 Å². The molecular formula is C28H16Cl3NO5. The number of hydrogen-bond donors (Lipinski definition) is 1. The summed E-state index contributed by atoms with van der Waals surface area (Å²) in [6.45, 7) is 0. The smallest absolute Gasteiger partial charge is 0.339 e. The first-order valence-electron chi connectivity index (χ1n) is 11.1.